The van der Waals surface area contributed by atoms with Crippen molar-refractivity contribution >= 4 is 28.7 Å². The van der Waals surface area contributed by atoms with Crippen molar-refractivity contribution in [3.05, 3.63) is 29.8 Å². The maximum atomic E-state index is 12.3. The van der Waals surface area contributed by atoms with Gasteiger partial charge < -0.3 is 14.4 Å². The highest BCUT2D eigenvalue weighted by molar-refractivity contribution is 7.88. The van der Waals surface area contributed by atoms with Crippen LogP contribution in [0.3, 0.4) is 0 Å². The number of carbonyl (C=O) groups excluding carboxylic acids is 1. The molecule has 9 heteroatoms. The van der Waals surface area contributed by atoms with Gasteiger partial charge in [-0.05, 0) is 24.1 Å². The molecule has 1 aliphatic heterocycles. The van der Waals surface area contributed by atoms with Gasteiger partial charge in [0.2, 0.25) is 10.0 Å². The average molecular weight is 374 g/mol. The Morgan fingerprint density at radius 1 is 1.38 bits per heavy atom. The number of nitrogens with one attached hydrogen (secondary N) is 1. The molecule has 0 radical (unpaired) electrons. The van der Waals surface area contributed by atoms with Gasteiger partial charge in [-0.2, -0.15) is 12.6 Å². The Bertz CT molecular complexity index is 663. The molecule has 24 heavy (non-hydrogen) atoms. The predicted octanol–water partition coefficient (Wildman–Crippen LogP) is 1.25. The maximum absolute atomic E-state index is 12.3. The summed E-state index contributed by atoms with van der Waals surface area (Å²) in [7, 11) is -1.72. The largest absolute Gasteiger partial charge is 0.497 e. The first-order valence-electron chi connectivity index (χ1n) is 7.47. The van der Waals surface area contributed by atoms with E-state index in [2.05, 4.69) is 17.4 Å². The summed E-state index contributed by atoms with van der Waals surface area (Å²) in [6.45, 7) is 0.733. The highest BCUT2D eigenvalue weighted by atomic mass is 32.2. The third-order valence-electron chi connectivity index (χ3n) is 3.73. The Hall–Kier alpha value is -1.45. The molecule has 1 aliphatic rings. The summed E-state index contributed by atoms with van der Waals surface area (Å²) in [6, 6.07) is 6.97. The number of carbonyl (C=O) groups is 1. The van der Waals surface area contributed by atoms with Gasteiger partial charge in [-0.3, -0.25) is 0 Å². The zero-order valence-electron chi connectivity index (χ0n) is 13.6. The van der Waals surface area contributed by atoms with Crippen LogP contribution in [0.25, 0.3) is 0 Å². The molecule has 0 bridgehead atoms. The molecule has 0 spiro atoms. The van der Waals surface area contributed by atoms with E-state index in [4.69, 9.17) is 9.47 Å². The number of sulfonamides is 1. The van der Waals surface area contributed by atoms with Gasteiger partial charge in [0.25, 0.3) is 0 Å². The lowest BCUT2D eigenvalue weighted by atomic mass is 10.2. The van der Waals surface area contributed by atoms with Gasteiger partial charge in [0.1, 0.15) is 12.4 Å². The third kappa shape index (κ3) is 5.57. The summed E-state index contributed by atoms with van der Waals surface area (Å²) >= 11 is 4.39. The fraction of sp³-hybridized carbons (Fsp3) is 0.533. The molecule has 1 amide bonds. The number of amides is 1. The van der Waals surface area contributed by atoms with Crippen LogP contribution >= 0.6 is 12.6 Å². The fourth-order valence-electron chi connectivity index (χ4n) is 2.51. The number of likely N-dealkylation sites (tertiary alicyclic amines) is 1. The molecular formula is C15H22N2O5S2. The second-order valence-electron chi connectivity index (χ2n) is 5.72. The van der Waals surface area contributed by atoms with Gasteiger partial charge in [-0.1, -0.05) is 12.1 Å². The minimum Gasteiger partial charge on any atom is -0.497 e. The summed E-state index contributed by atoms with van der Waals surface area (Å²) in [5.41, 5.74) is 0.844. The van der Waals surface area contributed by atoms with E-state index in [0.29, 0.717) is 13.0 Å². The minimum absolute atomic E-state index is 0.00453. The second kappa shape index (κ2) is 8.09. The van der Waals surface area contributed by atoms with E-state index < -0.39 is 16.1 Å². The van der Waals surface area contributed by atoms with Crippen molar-refractivity contribution in [1.82, 2.24) is 9.62 Å². The van der Waals surface area contributed by atoms with Crippen molar-refractivity contribution < 1.29 is 22.7 Å². The smallest absolute Gasteiger partial charge is 0.410 e. The van der Waals surface area contributed by atoms with E-state index in [1.54, 1.807) is 19.2 Å². The third-order valence-corrected chi connectivity index (χ3v) is 4.79. The Kier molecular flexibility index (Phi) is 6.36. The molecule has 1 fully saturated rings. The van der Waals surface area contributed by atoms with Crippen molar-refractivity contribution in [2.75, 3.05) is 26.5 Å². The molecule has 7 nitrogen and oxygen atoms in total. The summed E-state index contributed by atoms with van der Waals surface area (Å²) in [5.74, 6) is 0.731. The normalized spacial score (nSPS) is 20.9. The van der Waals surface area contributed by atoms with Gasteiger partial charge in [0.15, 0.2) is 0 Å². The summed E-state index contributed by atoms with van der Waals surface area (Å²) in [4.78, 5) is 13.8. The Labute approximate surface area is 147 Å². The van der Waals surface area contributed by atoms with Gasteiger partial charge in [-0.15, -0.1) is 0 Å². The highest BCUT2D eigenvalue weighted by Crippen LogP contribution is 2.23. The van der Waals surface area contributed by atoms with E-state index in [1.165, 1.54) is 4.90 Å². The van der Waals surface area contributed by atoms with E-state index in [0.717, 1.165) is 17.6 Å². The Morgan fingerprint density at radius 2 is 2.04 bits per heavy atom. The van der Waals surface area contributed by atoms with Crippen LogP contribution < -0.4 is 9.46 Å². The molecule has 1 aromatic rings. The highest BCUT2D eigenvalue weighted by Gasteiger charge is 2.34. The van der Waals surface area contributed by atoms with Crippen molar-refractivity contribution in [3.63, 3.8) is 0 Å². The number of rotatable bonds is 6. The monoisotopic (exact) mass is 374 g/mol. The van der Waals surface area contributed by atoms with Crippen LogP contribution in [-0.2, 0) is 21.4 Å². The van der Waals surface area contributed by atoms with E-state index >= 15 is 0 Å². The van der Waals surface area contributed by atoms with E-state index in [-0.39, 0.29) is 24.4 Å². The van der Waals surface area contributed by atoms with Gasteiger partial charge >= 0.3 is 6.09 Å². The summed E-state index contributed by atoms with van der Waals surface area (Å²) in [5, 5.41) is 0.00453. The summed E-state index contributed by atoms with van der Waals surface area (Å²) in [6.07, 6.45) is 1.23. The lowest BCUT2D eigenvalue weighted by Crippen LogP contribution is -2.43. The average Bonchev–Trinajstić information content (AvgIpc) is 2.91. The minimum atomic E-state index is -3.31. The lowest BCUT2D eigenvalue weighted by molar-refractivity contribution is 0.0927. The van der Waals surface area contributed by atoms with Crippen molar-refractivity contribution in [3.8, 4) is 5.75 Å². The Balaban J connectivity index is 1.91. The first-order valence-corrected chi connectivity index (χ1v) is 9.88. The standard InChI is InChI=1S/C15H22N2O5S2/c1-21-13-5-3-11(4-6-13)10-22-15(18)17-9-14(23)7-12(17)8-16-24(2,19)20/h3-6,12,14,16,23H,7-10H2,1-2H3/t12-,14-/m0/s1. The van der Waals surface area contributed by atoms with Crippen LogP contribution in [0.2, 0.25) is 0 Å². The number of hydrogen-bond donors (Lipinski definition) is 2. The molecule has 0 unspecified atom stereocenters. The molecule has 1 N–H and O–H groups in total. The van der Waals surface area contributed by atoms with Gasteiger partial charge in [0, 0.05) is 24.4 Å². The van der Waals surface area contributed by atoms with Crippen LogP contribution in [0.5, 0.6) is 5.75 Å². The van der Waals surface area contributed by atoms with Crippen LogP contribution in [0.1, 0.15) is 12.0 Å². The molecule has 1 saturated heterocycles. The molecule has 0 saturated carbocycles. The van der Waals surface area contributed by atoms with Crippen LogP contribution in [0.4, 0.5) is 4.79 Å². The fourth-order valence-corrected chi connectivity index (χ4v) is 3.42. The molecule has 2 rings (SSSR count). The second-order valence-corrected chi connectivity index (χ2v) is 8.28. The molecular weight excluding hydrogens is 352 g/mol. The number of ether oxygens (including phenoxy) is 2. The Morgan fingerprint density at radius 3 is 2.62 bits per heavy atom. The molecule has 1 aromatic carbocycles. The topological polar surface area (TPSA) is 84.9 Å². The lowest BCUT2D eigenvalue weighted by Gasteiger charge is -2.23. The van der Waals surface area contributed by atoms with Crippen LogP contribution in [0.15, 0.2) is 24.3 Å². The van der Waals surface area contributed by atoms with Gasteiger partial charge in [-0.25, -0.2) is 17.9 Å². The van der Waals surface area contributed by atoms with E-state index in [9.17, 15) is 13.2 Å². The first kappa shape index (κ1) is 18.9. The van der Waals surface area contributed by atoms with Gasteiger partial charge in [0.05, 0.1) is 13.4 Å². The number of nitrogens with zero attached hydrogens (tertiary/aromatic N) is 1. The molecule has 2 atom stereocenters. The van der Waals surface area contributed by atoms with Crippen LogP contribution in [0, 0.1) is 0 Å². The van der Waals surface area contributed by atoms with Crippen molar-refractivity contribution in [2.45, 2.75) is 24.3 Å². The molecule has 1 heterocycles. The number of methoxy groups -OCH3 is 1. The maximum Gasteiger partial charge on any atom is 0.410 e. The van der Waals surface area contributed by atoms with Crippen molar-refractivity contribution in [1.29, 1.82) is 0 Å². The number of thiol groups is 1. The predicted molar refractivity (Wildman–Crippen MR) is 93.9 cm³/mol. The van der Waals surface area contributed by atoms with E-state index in [1.807, 2.05) is 12.1 Å². The zero-order valence-corrected chi connectivity index (χ0v) is 15.3. The number of hydrogen-bond acceptors (Lipinski definition) is 6. The summed E-state index contributed by atoms with van der Waals surface area (Å²) < 4.78 is 35.3. The molecule has 0 aromatic heterocycles. The van der Waals surface area contributed by atoms with Crippen molar-refractivity contribution in [2.24, 2.45) is 0 Å². The SMILES string of the molecule is COc1ccc(COC(=O)N2C[C@@H](S)C[C@H]2CNS(C)(=O)=O)cc1. The zero-order chi connectivity index (χ0) is 17.7. The molecule has 134 valence electrons. The molecule has 0 aliphatic carbocycles. The quantitative estimate of drug-likeness (QED) is 0.732. The first-order chi connectivity index (χ1) is 11.3. The van der Waals surface area contributed by atoms with Crippen LogP contribution in [-0.4, -0.2) is 57.2 Å². The number of benzene rings is 1.